The third kappa shape index (κ3) is 3.01. The highest BCUT2D eigenvalue weighted by Crippen LogP contribution is 2.41. The van der Waals surface area contributed by atoms with Crippen molar-refractivity contribution in [3.63, 3.8) is 0 Å². The first-order valence-corrected chi connectivity index (χ1v) is 7.08. The zero-order valence-electron chi connectivity index (χ0n) is 12.0. The zero-order chi connectivity index (χ0) is 14.2. The molecule has 2 amide bonds. The van der Waals surface area contributed by atoms with Crippen LogP contribution in [-0.4, -0.2) is 40.6 Å². The molecule has 0 aromatic rings. The first kappa shape index (κ1) is 14.2. The molecule has 5 nitrogen and oxygen atoms in total. The van der Waals surface area contributed by atoms with Crippen LogP contribution in [0, 0.1) is 11.3 Å². The fourth-order valence-corrected chi connectivity index (χ4v) is 3.21. The molecule has 3 unspecified atom stereocenters. The number of urea groups is 1. The van der Waals surface area contributed by atoms with Crippen LogP contribution in [0.4, 0.5) is 4.79 Å². The lowest BCUT2D eigenvalue weighted by Crippen LogP contribution is -2.44. The minimum absolute atomic E-state index is 0.0829. The van der Waals surface area contributed by atoms with Crippen LogP contribution in [0.2, 0.25) is 0 Å². The molecule has 0 aromatic carbocycles. The van der Waals surface area contributed by atoms with Gasteiger partial charge in [0.2, 0.25) is 0 Å². The predicted octanol–water partition coefficient (Wildman–Crippen LogP) is 2.07. The number of carbonyl (C=O) groups excluding carboxylic acids is 1. The van der Waals surface area contributed by atoms with Crippen LogP contribution in [0.3, 0.4) is 0 Å². The minimum Gasteiger partial charge on any atom is -0.481 e. The lowest BCUT2D eigenvalue weighted by molar-refractivity contribution is -0.142. The topological polar surface area (TPSA) is 69.6 Å². The normalized spacial score (nSPS) is 29.6. The first-order chi connectivity index (χ1) is 8.79. The van der Waals surface area contributed by atoms with E-state index in [1.807, 2.05) is 0 Å². The maximum Gasteiger partial charge on any atom is 0.317 e. The Morgan fingerprint density at radius 3 is 2.53 bits per heavy atom. The molecule has 2 N–H and O–H groups in total. The van der Waals surface area contributed by atoms with Gasteiger partial charge in [0.25, 0.3) is 0 Å². The monoisotopic (exact) mass is 268 g/mol. The van der Waals surface area contributed by atoms with Gasteiger partial charge in [-0.2, -0.15) is 0 Å². The summed E-state index contributed by atoms with van der Waals surface area (Å²) in [5.74, 6) is -1.13. The molecule has 2 aliphatic heterocycles. The van der Waals surface area contributed by atoms with Crippen LogP contribution in [0.15, 0.2) is 0 Å². The molecular formula is C14H24N2O3. The third-order valence-electron chi connectivity index (χ3n) is 4.24. The number of amides is 2. The van der Waals surface area contributed by atoms with Crippen molar-refractivity contribution >= 4 is 12.0 Å². The number of rotatable bonds is 3. The van der Waals surface area contributed by atoms with Crippen LogP contribution >= 0.6 is 0 Å². The van der Waals surface area contributed by atoms with Gasteiger partial charge >= 0.3 is 12.0 Å². The van der Waals surface area contributed by atoms with E-state index in [2.05, 4.69) is 26.1 Å². The van der Waals surface area contributed by atoms with E-state index in [1.165, 1.54) is 0 Å². The average Bonchev–Trinajstić information content (AvgIpc) is 2.83. The maximum absolute atomic E-state index is 12.2. The fraction of sp³-hybridized carbons (Fsp3) is 0.857. The Bertz CT molecular complexity index is 375. The van der Waals surface area contributed by atoms with Gasteiger partial charge in [-0.25, -0.2) is 4.79 Å². The summed E-state index contributed by atoms with van der Waals surface area (Å²) < 4.78 is 0. The Hall–Kier alpha value is -1.26. The molecule has 19 heavy (non-hydrogen) atoms. The summed E-state index contributed by atoms with van der Waals surface area (Å²) in [5, 5.41) is 12.1. The van der Waals surface area contributed by atoms with Crippen molar-refractivity contribution in [2.75, 3.05) is 6.54 Å². The molecule has 2 saturated heterocycles. The number of hydrogen-bond donors (Lipinski definition) is 2. The molecule has 2 fully saturated rings. The Labute approximate surface area is 114 Å². The van der Waals surface area contributed by atoms with Crippen LogP contribution in [0.5, 0.6) is 0 Å². The van der Waals surface area contributed by atoms with Gasteiger partial charge in [-0.3, -0.25) is 4.79 Å². The second-order valence-corrected chi connectivity index (χ2v) is 6.93. The van der Waals surface area contributed by atoms with Gasteiger partial charge in [-0.05, 0) is 31.1 Å². The summed E-state index contributed by atoms with van der Waals surface area (Å²) in [4.78, 5) is 25.1. The molecular weight excluding hydrogens is 244 g/mol. The number of nitrogens with one attached hydrogen (secondary N) is 1. The van der Waals surface area contributed by atoms with E-state index in [9.17, 15) is 9.59 Å². The molecule has 2 aliphatic rings. The quantitative estimate of drug-likeness (QED) is 0.823. The number of carboxylic acid groups (broad SMARTS) is 1. The predicted molar refractivity (Wildman–Crippen MR) is 71.9 cm³/mol. The molecule has 2 bridgehead atoms. The van der Waals surface area contributed by atoms with E-state index < -0.39 is 5.97 Å². The van der Waals surface area contributed by atoms with Gasteiger partial charge in [0.15, 0.2) is 0 Å². The molecule has 0 spiro atoms. The van der Waals surface area contributed by atoms with E-state index in [4.69, 9.17) is 5.11 Å². The Morgan fingerprint density at radius 2 is 2.00 bits per heavy atom. The zero-order valence-corrected chi connectivity index (χ0v) is 12.0. The van der Waals surface area contributed by atoms with Gasteiger partial charge in [0.1, 0.15) is 0 Å². The van der Waals surface area contributed by atoms with Crippen molar-refractivity contribution in [1.29, 1.82) is 0 Å². The summed E-state index contributed by atoms with van der Waals surface area (Å²) in [5.41, 5.74) is 0.195. The standard InChI is InChI=1S/C14H24N2O3/c1-14(2,3)6-7-15-13(19)16-9-4-5-11(16)10(8-9)12(17)18/h9-11H,4-8H2,1-3H3,(H,15,19)(H,17,18). The minimum atomic E-state index is -0.764. The fourth-order valence-electron chi connectivity index (χ4n) is 3.21. The smallest absolute Gasteiger partial charge is 0.317 e. The number of hydrogen-bond acceptors (Lipinski definition) is 2. The van der Waals surface area contributed by atoms with E-state index in [0.29, 0.717) is 13.0 Å². The number of nitrogens with zero attached hydrogens (tertiary/aromatic N) is 1. The molecule has 2 rings (SSSR count). The van der Waals surface area contributed by atoms with Crippen molar-refractivity contribution in [1.82, 2.24) is 10.2 Å². The van der Waals surface area contributed by atoms with Gasteiger partial charge in [0, 0.05) is 18.6 Å². The summed E-state index contributed by atoms with van der Waals surface area (Å²) in [7, 11) is 0. The van der Waals surface area contributed by atoms with E-state index in [0.717, 1.165) is 19.3 Å². The third-order valence-corrected chi connectivity index (χ3v) is 4.24. The van der Waals surface area contributed by atoms with E-state index in [-0.39, 0.29) is 29.4 Å². The van der Waals surface area contributed by atoms with Crippen LogP contribution in [0.1, 0.15) is 46.5 Å². The highest BCUT2D eigenvalue weighted by molar-refractivity contribution is 5.79. The van der Waals surface area contributed by atoms with Crippen LogP contribution in [0.25, 0.3) is 0 Å². The molecule has 0 saturated carbocycles. The van der Waals surface area contributed by atoms with E-state index >= 15 is 0 Å². The largest absolute Gasteiger partial charge is 0.481 e. The first-order valence-electron chi connectivity index (χ1n) is 7.08. The maximum atomic E-state index is 12.2. The van der Waals surface area contributed by atoms with Gasteiger partial charge in [-0.1, -0.05) is 20.8 Å². The molecule has 0 radical (unpaired) electrons. The van der Waals surface area contributed by atoms with Crippen LogP contribution < -0.4 is 5.32 Å². The number of carboxylic acids is 1. The molecule has 5 heteroatoms. The second kappa shape index (κ2) is 5.02. The van der Waals surface area contributed by atoms with Gasteiger partial charge in [-0.15, -0.1) is 0 Å². The molecule has 0 aliphatic carbocycles. The summed E-state index contributed by atoms with van der Waals surface area (Å²) >= 11 is 0. The SMILES string of the molecule is CC(C)(C)CCNC(=O)N1C2CCC1C(C(=O)O)C2. The van der Waals surface area contributed by atoms with Crippen LogP contribution in [-0.2, 0) is 4.79 Å². The van der Waals surface area contributed by atoms with Crippen molar-refractivity contribution < 1.29 is 14.7 Å². The lowest BCUT2D eigenvalue weighted by Gasteiger charge is -2.25. The van der Waals surface area contributed by atoms with Crippen molar-refractivity contribution in [2.24, 2.45) is 11.3 Å². The van der Waals surface area contributed by atoms with Crippen molar-refractivity contribution in [2.45, 2.75) is 58.5 Å². The number of fused-ring (bicyclic) bond motifs is 2. The summed E-state index contributed by atoms with van der Waals surface area (Å²) in [6, 6.07) is -0.0571. The van der Waals surface area contributed by atoms with Crippen molar-refractivity contribution in [3.8, 4) is 0 Å². The number of aliphatic carboxylic acids is 1. The van der Waals surface area contributed by atoms with Gasteiger partial charge < -0.3 is 15.3 Å². The number of carbonyl (C=O) groups is 2. The highest BCUT2D eigenvalue weighted by atomic mass is 16.4. The molecule has 3 atom stereocenters. The summed E-state index contributed by atoms with van der Waals surface area (Å²) in [6.07, 6.45) is 3.31. The lowest BCUT2D eigenvalue weighted by atomic mass is 9.89. The van der Waals surface area contributed by atoms with Gasteiger partial charge in [0.05, 0.1) is 5.92 Å². The van der Waals surface area contributed by atoms with E-state index in [1.54, 1.807) is 4.90 Å². The highest BCUT2D eigenvalue weighted by Gasteiger charge is 2.51. The Kier molecular flexibility index (Phi) is 3.74. The molecule has 0 aromatic heterocycles. The Balaban J connectivity index is 1.89. The Morgan fingerprint density at radius 1 is 1.32 bits per heavy atom. The average molecular weight is 268 g/mol. The molecule has 2 heterocycles. The van der Waals surface area contributed by atoms with Crippen molar-refractivity contribution in [3.05, 3.63) is 0 Å². The summed E-state index contributed by atoms with van der Waals surface area (Å²) in [6.45, 7) is 7.06. The second-order valence-electron chi connectivity index (χ2n) is 6.93. The molecule has 108 valence electrons.